The zero-order valence-electron chi connectivity index (χ0n) is 18.6. The highest BCUT2D eigenvalue weighted by Gasteiger charge is 2.11. The Labute approximate surface area is 193 Å². The second kappa shape index (κ2) is 11.0. The molecule has 0 unspecified atom stereocenters. The van der Waals surface area contributed by atoms with Crippen LogP contribution < -0.4 is 14.8 Å². The fourth-order valence-electron chi connectivity index (χ4n) is 3.57. The predicted octanol–water partition coefficient (Wildman–Crippen LogP) is 4.84. The summed E-state index contributed by atoms with van der Waals surface area (Å²) in [7, 11) is 1.64. The molecular weight excluding hydrogens is 414 g/mol. The van der Waals surface area contributed by atoms with Crippen LogP contribution in [0, 0.1) is 0 Å². The van der Waals surface area contributed by atoms with Gasteiger partial charge in [0.1, 0.15) is 17.3 Å². The third-order valence-corrected chi connectivity index (χ3v) is 5.22. The first-order valence-electron chi connectivity index (χ1n) is 10.9. The molecule has 0 atom stereocenters. The van der Waals surface area contributed by atoms with Gasteiger partial charge in [0, 0.05) is 18.7 Å². The van der Waals surface area contributed by atoms with E-state index in [-0.39, 0.29) is 5.91 Å². The Bertz CT molecular complexity index is 1230. The highest BCUT2D eigenvalue weighted by Crippen LogP contribution is 2.20. The minimum atomic E-state index is -0.154. The Morgan fingerprint density at radius 2 is 1.79 bits per heavy atom. The van der Waals surface area contributed by atoms with Gasteiger partial charge < -0.3 is 19.4 Å². The van der Waals surface area contributed by atoms with Crippen LogP contribution >= 0.6 is 0 Å². The average molecular weight is 442 g/mol. The summed E-state index contributed by atoms with van der Waals surface area (Å²) in [5, 5.41) is 2.95. The van der Waals surface area contributed by atoms with Crippen molar-refractivity contribution in [3.05, 3.63) is 96.3 Å². The molecule has 3 aromatic carbocycles. The van der Waals surface area contributed by atoms with E-state index < -0.39 is 0 Å². The summed E-state index contributed by atoms with van der Waals surface area (Å²) in [6, 6.07) is 25.3. The van der Waals surface area contributed by atoms with E-state index in [4.69, 9.17) is 14.5 Å². The van der Waals surface area contributed by atoms with Crippen LogP contribution in [-0.2, 0) is 17.9 Å². The maximum Gasteiger partial charge on any atom is 0.244 e. The molecule has 33 heavy (non-hydrogen) atoms. The van der Waals surface area contributed by atoms with Crippen molar-refractivity contribution < 1.29 is 14.3 Å². The number of para-hydroxylation sites is 2. The number of nitrogens with zero attached hydrogens (tertiary/aromatic N) is 2. The van der Waals surface area contributed by atoms with E-state index in [2.05, 4.69) is 9.88 Å². The van der Waals surface area contributed by atoms with Crippen LogP contribution in [0.25, 0.3) is 17.1 Å². The van der Waals surface area contributed by atoms with Crippen molar-refractivity contribution in [3.8, 4) is 11.5 Å². The lowest BCUT2D eigenvalue weighted by Gasteiger charge is -2.11. The van der Waals surface area contributed by atoms with E-state index in [1.165, 1.54) is 0 Å². The van der Waals surface area contributed by atoms with Crippen LogP contribution in [0.3, 0.4) is 0 Å². The number of methoxy groups -OCH3 is 1. The van der Waals surface area contributed by atoms with E-state index in [0.29, 0.717) is 13.2 Å². The number of hydrogen-bond donors (Lipinski definition) is 1. The van der Waals surface area contributed by atoms with Gasteiger partial charge in [-0.25, -0.2) is 4.98 Å². The largest absolute Gasteiger partial charge is 0.497 e. The van der Waals surface area contributed by atoms with Gasteiger partial charge in [-0.15, -0.1) is 0 Å². The van der Waals surface area contributed by atoms with Gasteiger partial charge in [0.2, 0.25) is 5.91 Å². The van der Waals surface area contributed by atoms with Crippen LogP contribution in [0.2, 0.25) is 0 Å². The average Bonchev–Trinajstić information content (AvgIpc) is 3.22. The number of nitrogens with one attached hydrogen (secondary N) is 1. The quantitative estimate of drug-likeness (QED) is 0.282. The van der Waals surface area contributed by atoms with Crippen molar-refractivity contribution in [3.63, 3.8) is 0 Å². The molecule has 0 saturated heterocycles. The highest BCUT2D eigenvalue weighted by molar-refractivity contribution is 5.91. The Balaban J connectivity index is 1.38. The number of ether oxygens (including phenoxy) is 2. The standard InChI is InChI=1S/C27H27N3O3/c1-32-22-11-7-12-23(19-22)33-18-8-17-30-25-14-6-5-13-24(25)29-26(30)20-28-27(31)16-15-21-9-3-2-4-10-21/h2-7,9-16,19H,8,17-18,20H2,1H3,(H,28,31)/b16-15-. The zero-order chi connectivity index (χ0) is 22.9. The number of carbonyl (C=O) groups is 1. The van der Waals surface area contributed by atoms with Crippen molar-refractivity contribution in [1.82, 2.24) is 14.9 Å². The van der Waals surface area contributed by atoms with Gasteiger partial charge in [-0.05, 0) is 42.3 Å². The number of hydrogen-bond acceptors (Lipinski definition) is 4. The highest BCUT2D eigenvalue weighted by atomic mass is 16.5. The molecule has 0 fully saturated rings. The maximum atomic E-state index is 12.3. The molecule has 0 bridgehead atoms. The van der Waals surface area contributed by atoms with Gasteiger partial charge in [0.05, 0.1) is 31.3 Å². The Kier molecular flexibility index (Phi) is 7.38. The van der Waals surface area contributed by atoms with Gasteiger partial charge in [-0.1, -0.05) is 48.5 Å². The number of benzene rings is 3. The Morgan fingerprint density at radius 3 is 2.64 bits per heavy atom. The minimum Gasteiger partial charge on any atom is -0.497 e. The molecule has 6 heteroatoms. The summed E-state index contributed by atoms with van der Waals surface area (Å²) < 4.78 is 13.3. The van der Waals surface area contributed by atoms with Crippen molar-refractivity contribution in [2.75, 3.05) is 13.7 Å². The van der Waals surface area contributed by atoms with Crippen LogP contribution in [0.4, 0.5) is 0 Å². The molecule has 1 aromatic heterocycles. The number of imidazole rings is 1. The summed E-state index contributed by atoms with van der Waals surface area (Å²) in [5.41, 5.74) is 2.94. The Hall–Kier alpha value is -4.06. The predicted molar refractivity (Wildman–Crippen MR) is 130 cm³/mol. The van der Waals surface area contributed by atoms with Crippen LogP contribution in [0.15, 0.2) is 84.9 Å². The molecule has 0 aliphatic heterocycles. The van der Waals surface area contributed by atoms with Crippen LogP contribution in [0.5, 0.6) is 11.5 Å². The van der Waals surface area contributed by atoms with Gasteiger partial charge in [0.15, 0.2) is 0 Å². The zero-order valence-corrected chi connectivity index (χ0v) is 18.6. The van der Waals surface area contributed by atoms with Gasteiger partial charge in [-0.3, -0.25) is 4.79 Å². The molecule has 0 radical (unpaired) electrons. The number of aromatic nitrogens is 2. The fraction of sp³-hybridized carbons (Fsp3) is 0.185. The summed E-state index contributed by atoms with van der Waals surface area (Å²) in [6.07, 6.45) is 4.14. The molecule has 0 saturated carbocycles. The van der Waals surface area contributed by atoms with E-state index >= 15 is 0 Å². The molecule has 0 aliphatic carbocycles. The third kappa shape index (κ3) is 6.01. The van der Waals surface area contributed by atoms with Crippen LogP contribution in [-0.4, -0.2) is 29.2 Å². The van der Waals surface area contributed by atoms with E-state index in [0.717, 1.165) is 46.9 Å². The number of amides is 1. The van der Waals surface area contributed by atoms with Crippen molar-refractivity contribution in [2.45, 2.75) is 19.5 Å². The third-order valence-electron chi connectivity index (χ3n) is 5.22. The van der Waals surface area contributed by atoms with Crippen molar-refractivity contribution >= 4 is 23.0 Å². The summed E-state index contributed by atoms with van der Waals surface area (Å²) >= 11 is 0. The molecule has 168 valence electrons. The Morgan fingerprint density at radius 1 is 1.00 bits per heavy atom. The monoisotopic (exact) mass is 441 g/mol. The molecular formula is C27H27N3O3. The number of aryl methyl sites for hydroxylation is 1. The number of rotatable bonds is 10. The minimum absolute atomic E-state index is 0.154. The summed E-state index contributed by atoms with van der Waals surface area (Å²) in [5.74, 6) is 2.22. The molecule has 1 heterocycles. The van der Waals surface area contributed by atoms with E-state index in [1.807, 2.05) is 78.9 Å². The fourth-order valence-corrected chi connectivity index (χ4v) is 3.57. The molecule has 6 nitrogen and oxygen atoms in total. The van der Waals surface area contributed by atoms with Gasteiger partial charge in [-0.2, -0.15) is 0 Å². The van der Waals surface area contributed by atoms with Crippen LogP contribution in [0.1, 0.15) is 17.8 Å². The van der Waals surface area contributed by atoms with Gasteiger partial charge >= 0.3 is 0 Å². The SMILES string of the molecule is COc1cccc(OCCCn2c(CNC(=O)/C=C\c3ccccc3)nc3ccccc32)c1. The lowest BCUT2D eigenvalue weighted by atomic mass is 10.2. The van der Waals surface area contributed by atoms with Gasteiger partial charge in [0.25, 0.3) is 0 Å². The summed E-state index contributed by atoms with van der Waals surface area (Å²) in [6.45, 7) is 1.64. The number of carbonyl (C=O) groups excluding carboxylic acids is 1. The molecule has 1 N–H and O–H groups in total. The molecule has 4 rings (SSSR count). The lowest BCUT2D eigenvalue weighted by Crippen LogP contribution is -2.23. The molecule has 0 spiro atoms. The number of fused-ring (bicyclic) bond motifs is 1. The van der Waals surface area contributed by atoms with Crippen molar-refractivity contribution in [1.29, 1.82) is 0 Å². The normalized spacial score (nSPS) is 11.1. The van der Waals surface area contributed by atoms with E-state index in [1.54, 1.807) is 19.3 Å². The second-order valence-corrected chi connectivity index (χ2v) is 7.51. The molecule has 0 aliphatic rings. The summed E-state index contributed by atoms with van der Waals surface area (Å²) in [4.78, 5) is 17.0. The van der Waals surface area contributed by atoms with Crippen molar-refractivity contribution in [2.24, 2.45) is 0 Å². The first kappa shape index (κ1) is 22.1. The van der Waals surface area contributed by atoms with E-state index in [9.17, 15) is 4.79 Å². The molecule has 4 aromatic rings. The topological polar surface area (TPSA) is 65.4 Å². The maximum absolute atomic E-state index is 12.3. The first-order chi connectivity index (χ1) is 16.2. The lowest BCUT2D eigenvalue weighted by molar-refractivity contribution is -0.116. The smallest absolute Gasteiger partial charge is 0.244 e. The molecule has 1 amide bonds. The first-order valence-corrected chi connectivity index (χ1v) is 10.9. The second-order valence-electron chi connectivity index (χ2n) is 7.51.